The van der Waals surface area contributed by atoms with E-state index in [2.05, 4.69) is 21.2 Å². The van der Waals surface area contributed by atoms with Crippen LogP contribution in [0.3, 0.4) is 0 Å². The Labute approximate surface area is 121 Å². The maximum Gasteiger partial charge on any atom is 0.167 e. The monoisotopic (exact) mass is 327 g/mol. The molecule has 1 aliphatic carbocycles. The molecule has 0 aliphatic heterocycles. The largest absolute Gasteiger partial charge is 0.495 e. The van der Waals surface area contributed by atoms with E-state index in [9.17, 15) is 4.79 Å². The van der Waals surface area contributed by atoms with Crippen LogP contribution in [0.5, 0.6) is 11.5 Å². The van der Waals surface area contributed by atoms with E-state index in [1.54, 1.807) is 26.4 Å². The first-order valence-corrected chi connectivity index (χ1v) is 7.13. The van der Waals surface area contributed by atoms with Crippen molar-refractivity contribution >= 4 is 21.7 Å². The zero-order valence-corrected chi connectivity index (χ0v) is 12.7. The average molecular weight is 328 g/mol. The molecular weight excluding hydrogens is 310 g/mol. The van der Waals surface area contributed by atoms with Gasteiger partial charge in [-0.25, -0.2) is 0 Å². The second kappa shape index (κ2) is 6.39. The molecule has 0 atom stereocenters. The van der Waals surface area contributed by atoms with Crippen LogP contribution in [0.4, 0.5) is 0 Å². The Morgan fingerprint density at radius 1 is 1.37 bits per heavy atom. The minimum Gasteiger partial charge on any atom is -0.495 e. The number of carbonyl (C=O) groups excluding carboxylic acids is 1. The summed E-state index contributed by atoms with van der Waals surface area (Å²) in [5.41, 5.74) is 0.591. The summed E-state index contributed by atoms with van der Waals surface area (Å²) in [5, 5.41) is 3.33. The summed E-state index contributed by atoms with van der Waals surface area (Å²) >= 11 is 3.40. The molecule has 1 fully saturated rings. The van der Waals surface area contributed by atoms with Gasteiger partial charge in [0, 0.05) is 19.0 Å². The van der Waals surface area contributed by atoms with Crippen LogP contribution in [0.2, 0.25) is 0 Å². The van der Waals surface area contributed by atoms with E-state index < -0.39 is 0 Å². The minimum atomic E-state index is 0.0772. The summed E-state index contributed by atoms with van der Waals surface area (Å²) in [6, 6.07) is 4.15. The predicted octanol–water partition coefficient (Wildman–Crippen LogP) is 2.79. The minimum absolute atomic E-state index is 0.0772. The summed E-state index contributed by atoms with van der Waals surface area (Å²) in [6.07, 6.45) is 2.93. The average Bonchev–Trinajstić information content (AvgIpc) is 3.22. The zero-order chi connectivity index (χ0) is 13.8. The van der Waals surface area contributed by atoms with Gasteiger partial charge in [-0.15, -0.1) is 0 Å². The van der Waals surface area contributed by atoms with Crippen molar-refractivity contribution in [2.45, 2.75) is 25.3 Å². The van der Waals surface area contributed by atoms with Crippen LogP contribution in [-0.2, 0) is 0 Å². The van der Waals surface area contributed by atoms with Gasteiger partial charge in [0.05, 0.1) is 19.8 Å². The van der Waals surface area contributed by atoms with Crippen LogP contribution in [0.25, 0.3) is 0 Å². The second-order valence-electron chi connectivity index (χ2n) is 4.56. The molecule has 0 bridgehead atoms. The van der Waals surface area contributed by atoms with E-state index in [0.29, 0.717) is 34.0 Å². The van der Waals surface area contributed by atoms with Gasteiger partial charge in [0.15, 0.2) is 5.78 Å². The van der Waals surface area contributed by atoms with Crippen LogP contribution in [0.15, 0.2) is 16.6 Å². The Balaban J connectivity index is 2.08. The number of ketones is 1. The fraction of sp³-hybridized carbons (Fsp3) is 0.500. The number of ether oxygens (including phenoxy) is 2. The summed E-state index contributed by atoms with van der Waals surface area (Å²) < 4.78 is 11.2. The Kier molecular flexibility index (Phi) is 4.82. The Morgan fingerprint density at radius 2 is 2.11 bits per heavy atom. The second-order valence-corrected chi connectivity index (χ2v) is 5.36. The van der Waals surface area contributed by atoms with Crippen molar-refractivity contribution in [3.8, 4) is 11.5 Å². The smallest absolute Gasteiger partial charge is 0.167 e. The third kappa shape index (κ3) is 3.48. The molecule has 2 rings (SSSR count). The number of carbonyl (C=O) groups is 1. The highest BCUT2D eigenvalue weighted by Crippen LogP contribution is 2.37. The normalized spacial score (nSPS) is 14.3. The van der Waals surface area contributed by atoms with Crippen LogP contribution in [0, 0.1) is 0 Å². The van der Waals surface area contributed by atoms with Crippen molar-refractivity contribution < 1.29 is 14.3 Å². The van der Waals surface area contributed by atoms with Crippen molar-refractivity contribution in [1.82, 2.24) is 5.32 Å². The van der Waals surface area contributed by atoms with Gasteiger partial charge in [-0.05, 0) is 40.9 Å². The molecule has 1 saturated carbocycles. The van der Waals surface area contributed by atoms with Gasteiger partial charge in [0.1, 0.15) is 16.0 Å². The van der Waals surface area contributed by atoms with E-state index in [1.165, 1.54) is 12.8 Å². The number of hydrogen-bond donors (Lipinski definition) is 1. The molecule has 1 aromatic rings. The molecule has 0 unspecified atom stereocenters. The molecule has 0 aromatic heterocycles. The van der Waals surface area contributed by atoms with Gasteiger partial charge < -0.3 is 14.8 Å². The molecule has 0 saturated heterocycles. The number of rotatable bonds is 7. The fourth-order valence-corrected chi connectivity index (χ4v) is 2.60. The molecule has 4 nitrogen and oxygen atoms in total. The predicted molar refractivity (Wildman–Crippen MR) is 77.2 cm³/mol. The van der Waals surface area contributed by atoms with Crippen LogP contribution >= 0.6 is 15.9 Å². The van der Waals surface area contributed by atoms with E-state index in [0.717, 1.165) is 6.54 Å². The van der Waals surface area contributed by atoms with Crippen LogP contribution in [0.1, 0.15) is 29.6 Å². The first kappa shape index (κ1) is 14.3. The molecular formula is C14H18BrNO3. The SMILES string of the molecule is COc1ccc(C(=O)CCNC2CC2)c(OC)c1Br. The number of halogens is 1. The van der Waals surface area contributed by atoms with Crippen LogP contribution in [-0.4, -0.2) is 32.6 Å². The number of nitrogens with one attached hydrogen (secondary N) is 1. The molecule has 0 spiro atoms. The van der Waals surface area contributed by atoms with Crippen molar-refractivity contribution in [1.29, 1.82) is 0 Å². The quantitative estimate of drug-likeness (QED) is 0.782. The molecule has 1 aliphatic rings. The molecule has 19 heavy (non-hydrogen) atoms. The first-order chi connectivity index (χ1) is 9.17. The van der Waals surface area contributed by atoms with Gasteiger partial charge in [-0.1, -0.05) is 0 Å². The number of methoxy groups -OCH3 is 2. The Hall–Kier alpha value is -1.07. The van der Waals surface area contributed by atoms with Gasteiger partial charge in [-0.2, -0.15) is 0 Å². The van der Waals surface area contributed by atoms with Gasteiger partial charge in [-0.3, -0.25) is 4.79 Å². The maximum absolute atomic E-state index is 12.2. The van der Waals surface area contributed by atoms with Gasteiger partial charge in [0.25, 0.3) is 0 Å². The van der Waals surface area contributed by atoms with Gasteiger partial charge in [0.2, 0.25) is 0 Å². The third-order valence-corrected chi connectivity index (χ3v) is 3.90. The zero-order valence-electron chi connectivity index (χ0n) is 11.2. The third-order valence-electron chi connectivity index (χ3n) is 3.15. The highest BCUT2D eigenvalue weighted by atomic mass is 79.9. The molecule has 0 heterocycles. The molecule has 1 N–H and O–H groups in total. The highest BCUT2D eigenvalue weighted by Gasteiger charge is 2.21. The van der Waals surface area contributed by atoms with E-state index in [1.807, 2.05) is 0 Å². The van der Waals surface area contributed by atoms with Crippen molar-refractivity contribution in [2.24, 2.45) is 0 Å². The lowest BCUT2D eigenvalue weighted by Gasteiger charge is -2.12. The Morgan fingerprint density at radius 3 is 2.68 bits per heavy atom. The molecule has 1 aromatic carbocycles. The van der Waals surface area contributed by atoms with Crippen molar-refractivity contribution in [3.05, 3.63) is 22.2 Å². The lowest BCUT2D eigenvalue weighted by molar-refractivity contribution is 0.0979. The molecule has 104 valence electrons. The fourth-order valence-electron chi connectivity index (χ4n) is 1.93. The van der Waals surface area contributed by atoms with Gasteiger partial charge >= 0.3 is 0 Å². The van der Waals surface area contributed by atoms with E-state index in [-0.39, 0.29) is 5.78 Å². The number of hydrogen-bond acceptors (Lipinski definition) is 4. The summed E-state index contributed by atoms with van der Waals surface area (Å²) in [6.45, 7) is 0.719. The van der Waals surface area contributed by atoms with Crippen molar-refractivity contribution in [3.63, 3.8) is 0 Å². The van der Waals surface area contributed by atoms with E-state index >= 15 is 0 Å². The molecule has 0 radical (unpaired) electrons. The maximum atomic E-state index is 12.2. The van der Waals surface area contributed by atoms with E-state index in [4.69, 9.17) is 9.47 Å². The van der Waals surface area contributed by atoms with Crippen molar-refractivity contribution in [2.75, 3.05) is 20.8 Å². The summed E-state index contributed by atoms with van der Waals surface area (Å²) in [4.78, 5) is 12.2. The lowest BCUT2D eigenvalue weighted by Crippen LogP contribution is -2.20. The van der Waals surface area contributed by atoms with Crippen LogP contribution < -0.4 is 14.8 Å². The number of benzene rings is 1. The molecule has 0 amide bonds. The number of Topliss-reactive ketones (excluding diaryl/α,β-unsaturated/α-hetero) is 1. The molecule has 5 heteroatoms. The lowest BCUT2D eigenvalue weighted by atomic mass is 10.1. The summed E-state index contributed by atoms with van der Waals surface area (Å²) in [5.74, 6) is 1.27. The first-order valence-electron chi connectivity index (χ1n) is 6.34. The standard InChI is InChI=1S/C14H18BrNO3/c1-18-12-6-5-10(14(19-2)13(12)15)11(17)7-8-16-9-3-4-9/h5-6,9,16H,3-4,7-8H2,1-2H3. The summed E-state index contributed by atoms with van der Waals surface area (Å²) in [7, 11) is 3.14. The Bertz CT molecular complexity index is 472. The topological polar surface area (TPSA) is 47.6 Å². The highest BCUT2D eigenvalue weighted by molar-refractivity contribution is 9.10.